The van der Waals surface area contributed by atoms with Crippen LogP contribution in [0.1, 0.15) is 34.3 Å². The molecule has 2 aromatic carbocycles. The molecule has 2 heterocycles. The first-order valence-corrected chi connectivity index (χ1v) is 10.0. The number of rotatable bonds is 5. The summed E-state index contributed by atoms with van der Waals surface area (Å²) in [6.07, 6.45) is 2.01. The van der Waals surface area contributed by atoms with E-state index in [1.807, 2.05) is 24.3 Å². The summed E-state index contributed by atoms with van der Waals surface area (Å²) in [6, 6.07) is 12.7. The van der Waals surface area contributed by atoms with Crippen LogP contribution < -0.4 is 9.47 Å². The fourth-order valence-corrected chi connectivity index (χ4v) is 4.70. The molecule has 5 rings (SSSR count). The topological polar surface area (TPSA) is 71.1 Å². The molecule has 0 spiro atoms. The molecule has 2 aromatic rings. The van der Waals surface area contributed by atoms with E-state index in [9.17, 15) is 9.59 Å². The summed E-state index contributed by atoms with van der Waals surface area (Å²) in [7, 11) is 0. The lowest BCUT2D eigenvalue weighted by Gasteiger charge is -2.24. The Balaban J connectivity index is 1.28. The molecule has 0 aromatic heterocycles. The number of ether oxygens (including phenoxy) is 4. The van der Waals surface area contributed by atoms with E-state index >= 15 is 0 Å². The third kappa shape index (κ3) is 3.22. The SMILES string of the molecule is C=C1CC2COC(=O)C2(Cc2cccc(C(=O)OCc3ccc4c(c3)OCO4)c2)C1. The number of esters is 2. The average molecular weight is 406 g/mol. The van der Waals surface area contributed by atoms with Gasteiger partial charge in [0.05, 0.1) is 17.6 Å². The number of hydrogen-bond donors (Lipinski definition) is 0. The van der Waals surface area contributed by atoms with E-state index < -0.39 is 11.4 Å². The highest BCUT2D eigenvalue weighted by Gasteiger charge is 2.55. The van der Waals surface area contributed by atoms with Gasteiger partial charge in [0.2, 0.25) is 6.79 Å². The van der Waals surface area contributed by atoms with Crippen molar-refractivity contribution in [1.82, 2.24) is 0 Å². The van der Waals surface area contributed by atoms with Crippen LogP contribution in [0, 0.1) is 11.3 Å². The summed E-state index contributed by atoms with van der Waals surface area (Å²) in [6.45, 7) is 4.87. The van der Waals surface area contributed by atoms with Crippen molar-refractivity contribution in [3.8, 4) is 11.5 Å². The van der Waals surface area contributed by atoms with Gasteiger partial charge in [0, 0.05) is 5.92 Å². The first-order chi connectivity index (χ1) is 14.5. The molecule has 2 fully saturated rings. The Labute approximate surface area is 174 Å². The number of allylic oxidation sites excluding steroid dienone is 1. The Morgan fingerprint density at radius 2 is 1.97 bits per heavy atom. The van der Waals surface area contributed by atoms with Crippen LogP contribution in [0.25, 0.3) is 0 Å². The molecule has 1 aliphatic carbocycles. The molecule has 0 radical (unpaired) electrons. The molecule has 0 bridgehead atoms. The Bertz CT molecular complexity index is 1040. The Hall–Kier alpha value is -3.28. The molecule has 6 heteroatoms. The van der Waals surface area contributed by atoms with Crippen molar-refractivity contribution < 1.29 is 28.5 Å². The van der Waals surface area contributed by atoms with Crippen molar-refractivity contribution in [3.63, 3.8) is 0 Å². The van der Waals surface area contributed by atoms with E-state index in [2.05, 4.69) is 6.58 Å². The second-order valence-corrected chi connectivity index (χ2v) is 8.22. The molecule has 30 heavy (non-hydrogen) atoms. The van der Waals surface area contributed by atoms with E-state index in [4.69, 9.17) is 18.9 Å². The number of cyclic esters (lactones) is 1. The van der Waals surface area contributed by atoms with Crippen LogP contribution in [0.2, 0.25) is 0 Å². The van der Waals surface area contributed by atoms with Crippen LogP contribution in [0.3, 0.4) is 0 Å². The first-order valence-electron chi connectivity index (χ1n) is 10.0. The van der Waals surface area contributed by atoms with Gasteiger partial charge in [-0.15, -0.1) is 0 Å². The molecule has 1 saturated carbocycles. The third-order valence-corrected chi connectivity index (χ3v) is 6.19. The fraction of sp³-hybridized carbons (Fsp3) is 0.333. The van der Waals surface area contributed by atoms with Crippen LogP contribution in [0.15, 0.2) is 54.6 Å². The molecule has 154 valence electrons. The zero-order valence-corrected chi connectivity index (χ0v) is 16.5. The Morgan fingerprint density at radius 1 is 1.10 bits per heavy atom. The van der Waals surface area contributed by atoms with Gasteiger partial charge < -0.3 is 18.9 Å². The summed E-state index contributed by atoms with van der Waals surface area (Å²) >= 11 is 0. The van der Waals surface area contributed by atoms with E-state index in [0.29, 0.717) is 36.5 Å². The molecule has 2 unspecified atom stereocenters. The van der Waals surface area contributed by atoms with E-state index in [-0.39, 0.29) is 25.3 Å². The second kappa shape index (κ2) is 7.20. The molecule has 2 atom stereocenters. The highest BCUT2D eigenvalue weighted by molar-refractivity contribution is 5.89. The molecule has 0 N–H and O–H groups in total. The van der Waals surface area contributed by atoms with E-state index in [0.717, 1.165) is 23.1 Å². The van der Waals surface area contributed by atoms with Crippen molar-refractivity contribution in [2.75, 3.05) is 13.4 Å². The van der Waals surface area contributed by atoms with Crippen molar-refractivity contribution in [2.45, 2.75) is 25.9 Å². The summed E-state index contributed by atoms with van der Waals surface area (Å²) < 4.78 is 21.5. The van der Waals surface area contributed by atoms with Crippen molar-refractivity contribution in [3.05, 3.63) is 71.3 Å². The standard InChI is InChI=1S/C24H22O6/c1-15-7-19-13-28-23(26)24(19,10-15)11-16-3-2-4-18(8-16)22(25)27-12-17-5-6-20-21(9-17)30-14-29-20/h2-6,8-9,19H,1,7,10-14H2. The van der Waals surface area contributed by atoms with Crippen LogP contribution in [-0.4, -0.2) is 25.3 Å². The predicted molar refractivity (Wildman–Crippen MR) is 107 cm³/mol. The van der Waals surface area contributed by atoms with Crippen LogP contribution in [-0.2, 0) is 27.3 Å². The minimum absolute atomic E-state index is 0.137. The minimum Gasteiger partial charge on any atom is -0.465 e. The maximum atomic E-state index is 12.6. The Kier molecular flexibility index (Phi) is 4.50. The normalized spacial score (nSPS) is 23.9. The first kappa shape index (κ1) is 18.7. The molecule has 2 aliphatic heterocycles. The van der Waals surface area contributed by atoms with Crippen LogP contribution in [0.4, 0.5) is 0 Å². The van der Waals surface area contributed by atoms with E-state index in [1.165, 1.54) is 0 Å². The van der Waals surface area contributed by atoms with Crippen LogP contribution >= 0.6 is 0 Å². The summed E-state index contributed by atoms with van der Waals surface area (Å²) in [5, 5.41) is 0. The van der Waals surface area contributed by atoms with E-state index in [1.54, 1.807) is 18.2 Å². The average Bonchev–Trinajstić information content (AvgIpc) is 3.41. The van der Waals surface area contributed by atoms with Gasteiger partial charge in [-0.3, -0.25) is 4.79 Å². The number of carbonyl (C=O) groups is 2. The summed E-state index contributed by atoms with van der Waals surface area (Å²) in [5.74, 6) is 0.950. The number of benzene rings is 2. The largest absolute Gasteiger partial charge is 0.465 e. The van der Waals surface area contributed by atoms with Crippen molar-refractivity contribution in [1.29, 1.82) is 0 Å². The molecule has 3 aliphatic rings. The number of carbonyl (C=O) groups excluding carboxylic acids is 2. The fourth-order valence-electron chi connectivity index (χ4n) is 4.70. The molecule has 1 saturated heterocycles. The van der Waals surface area contributed by atoms with Gasteiger partial charge in [-0.25, -0.2) is 4.79 Å². The van der Waals surface area contributed by atoms with Gasteiger partial charge in [0.15, 0.2) is 11.5 Å². The number of hydrogen-bond acceptors (Lipinski definition) is 6. The molecular formula is C24H22O6. The Morgan fingerprint density at radius 3 is 2.87 bits per heavy atom. The van der Waals surface area contributed by atoms with Gasteiger partial charge in [0.1, 0.15) is 6.61 Å². The van der Waals surface area contributed by atoms with Crippen LogP contribution in [0.5, 0.6) is 11.5 Å². The molecule has 6 nitrogen and oxygen atoms in total. The lowest BCUT2D eigenvalue weighted by atomic mass is 9.75. The van der Waals surface area contributed by atoms with Gasteiger partial charge >= 0.3 is 11.9 Å². The summed E-state index contributed by atoms with van der Waals surface area (Å²) in [5.41, 5.74) is 2.75. The number of fused-ring (bicyclic) bond motifs is 2. The predicted octanol–water partition coefficient (Wildman–Crippen LogP) is 3.82. The minimum atomic E-state index is -0.550. The van der Waals surface area contributed by atoms with Gasteiger partial charge in [-0.05, 0) is 54.7 Å². The zero-order chi connectivity index (χ0) is 20.7. The zero-order valence-electron chi connectivity index (χ0n) is 16.5. The molecular weight excluding hydrogens is 384 g/mol. The third-order valence-electron chi connectivity index (χ3n) is 6.19. The van der Waals surface area contributed by atoms with Gasteiger partial charge in [-0.2, -0.15) is 0 Å². The lowest BCUT2D eigenvalue weighted by molar-refractivity contribution is -0.146. The van der Waals surface area contributed by atoms with Gasteiger partial charge in [-0.1, -0.05) is 30.4 Å². The maximum absolute atomic E-state index is 12.6. The molecule has 0 amide bonds. The summed E-state index contributed by atoms with van der Waals surface area (Å²) in [4.78, 5) is 25.1. The quantitative estimate of drug-likeness (QED) is 0.555. The highest BCUT2D eigenvalue weighted by atomic mass is 16.7. The lowest BCUT2D eigenvalue weighted by Crippen LogP contribution is -2.31. The maximum Gasteiger partial charge on any atom is 0.338 e. The van der Waals surface area contributed by atoms with Crippen molar-refractivity contribution >= 4 is 11.9 Å². The van der Waals surface area contributed by atoms with Crippen molar-refractivity contribution in [2.24, 2.45) is 11.3 Å². The highest BCUT2D eigenvalue weighted by Crippen LogP contribution is 2.52. The second-order valence-electron chi connectivity index (χ2n) is 8.22. The van der Waals surface area contributed by atoms with Gasteiger partial charge in [0.25, 0.3) is 0 Å². The smallest absolute Gasteiger partial charge is 0.338 e. The monoisotopic (exact) mass is 406 g/mol.